The lowest BCUT2D eigenvalue weighted by Crippen LogP contribution is -2.69. The lowest BCUT2D eigenvalue weighted by molar-refractivity contribution is -0.130. The van der Waals surface area contributed by atoms with Crippen molar-refractivity contribution in [2.45, 2.75) is 257 Å². The van der Waals surface area contributed by atoms with Crippen LogP contribution in [0.2, 0.25) is 0 Å². The standard InChI is InChI=1S/C92H140N14O18/c1-59(107)27-32-75(113)102-66(25-20-42-99-84(95)96)67(111)33-36-87(3,4)57-105(85(115)121-70-34-37-89(7)72-53-61-28-30-68(117-11)78-76(61)91(89,80(70)123-78)39-46-103(72)9)44-18-14-16-26-74(112)97-43-49-120-51-50-119-48-21-24-64(109)23-15-13-17-45-106(58-88(5,6)56-101-82(114)63(22-19-41-98-83(93)94)52-65(110)55-100-60(2)108)86(116)122-71-35-38-90(8)73-54-62-29-31-69(118-12)79-77(62)92(90,81(71)124-79)40-47-104(73)10/h28-31,34-35,63,66,72-73,80-81H,13-27,32-33,36-58H2,1-12H3,(H,97,112)(H,100,108)(H,101,114)(H,102,113)(H4,93,94,98)(H4,95,96,99)/t63-,66+,72-,73-,80+,81+,89+,90+,91+,92+/m1/s1. The first-order chi connectivity index (χ1) is 59.0. The van der Waals surface area contributed by atoms with Gasteiger partial charge in [-0.3, -0.25) is 43.5 Å². The maximum Gasteiger partial charge on any atom is 0.415 e. The number of aliphatic imine (C=N–C) groups is 2. The number of allylic oxidation sites excluding steroid dienone is 2. The summed E-state index contributed by atoms with van der Waals surface area (Å²) in [6.45, 7) is 20.1. The Labute approximate surface area is 731 Å². The normalized spacial score (nSPS) is 22.7. The van der Waals surface area contributed by atoms with Crippen LogP contribution in [-0.4, -0.2) is 248 Å². The Morgan fingerprint density at radius 2 is 1.10 bits per heavy atom. The predicted molar refractivity (Wildman–Crippen MR) is 469 cm³/mol. The van der Waals surface area contributed by atoms with Crippen molar-refractivity contribution < 1.29 is 85.8 Å². The van der Waals surface area contributed by atoms with Crippen molar-refractivity contribution in [3.63, 3.8) is 0 Å². The van der Waals surface area contributed by atoms with E-state index in [4.69, 9.17) is 60.8 Å². The van der Waals surface area contributed by atoms with E-state index in [0.717, 1.165) is 49.9 Å². The lowest BCUT2D eigenvalue weighted by atomic mass is 9.45. The van der Waals surface area contributed by atoms with Crippen LogP contribution in [0.1, 0.15) is 225 Å². The van der Waals surface area contributed by atoms with E-state index in [0.29, 0.717) is 177 Å². The maximum atomic E-state index is 14.9. The minimum atomic E-state index is -0.828. The van der Waals surface area contributed by atoms with E-state index < -0.39 is 63.9 Å². The fraction of sp³-hybridized carbons (Fsp3) is 0.696. The number of piperidine rings is 2. The first-order valence-corrected chi connectivity index (χ1v) is 44.9. The molecule has 32 heteroatoms. The number of hydrogen-bond donors (Lipinski definition) is 8. The number of rotatable bonds is 53. The number of amides is 6. The Hall–Kier alpha value is -9.40. The molecule has 4 aliphatic heterocycles. The Balaban J connectivity index is 0.660. The third kappa shape index (κ3) is 23.2. The molecule has 10 rings (SSSR count). The Kier molecular flexibility index (Phi) is 33.7. The second kappa shape index (κ2) is 43.2. The van der Waals surface area contributed by atoms with E-state index in [1.165, 1.54) is 25.0 Å². The molecular weight excluding hydrogens is 1590 g/mol. The molecule has 124 heavy (non-hydrogen) atoms. The number of carbonyl (C=O) groups is 10. The molecule has 8 aliphatic rings. The molecule has 0 saturated carbocycles. The van der Waals surface area contributed by atoms with Gasteiger partial charge in [0.05, 0.1) is 57.5 Å². The van der Waals surface area contributed by atoms with Crippen LogP contribution in [-0.2, 0) is 81.0 Å². The zero-order valence-corrected chi connectivity index (χ0v) is 75.6. The zero-order valence-electron chi connectivity index (χ0n) is 75.6. The molecule has 2 aromatic carbocycles. The van der Waals surface area contributed by atoms with Gasteiger partial charge in [-0.1, -0.05) is 66.5 Å². The quantitative estimate of drug-likeness (QED) is 0.0176. The number of ether oxygens (including phenoxy) is 8. The highest BCUT2D eigenvalue weighted by atomic mass is 16.6. The van der Waals surface area contributed by atoms with E-state index in [1.807, 2.05) is 52.0 Å². The average Bonchev–Trinajstić information content (AvgIpc) is 1.47. The van der Waals surface area contributed by atoms with Gasteiger partial charge < -0.3 is 106 Å². The van der Waals surface area contributed by atoms with Crippen LogP contribution < -0.4 is 63.1 Å². The molecule has 0 aromatic heterocycles. The second-order valence-electron chi connectivity index (χ2n) is 37.6. The van der Waals surface area contributed by atoms with Gasteiger partial charge in [-0.2, -0.15) is 0 Å². The van der Waals surface area contributed by atoms with Gasteiger partial charge in [0.15, 0.2) is 58.7 Å². The highest BCUT2D eigenvalue weighted by Gasteiger charge is 2.72. The van der Waals surface area contributed by atoms with Crippen molar-refractivity contribution in [3.05, 3.63) is 70.2 Å². The molecule has 4 bridgehead atoms. The summed E-state index contributed by atoms with van der Waals surface area (Å²) < 4.78 is 50.5. The monoisotopic (exact) mass is 1730 g/mol. The topological polar surface area (TPSA) is 434 Å². The molecule has 0 unspecified atom stereocenters. The van der Waals surface area contributed by atoms with E-state index >= 15 is 0 Å². The fourth-order valence-electron chi connectivity index (χ4n) is 20.7. The molecule has 0 radical (unpaired) electrons. The zero-order chi connectivity index (χ0) is 89.9. The SMILES string of the molecule is COc1ccc2c3c1O[C@H]1C(OC(=O)N(CCCCCC(=O)NCCOCCOCCCC(=O)CCCCCN(CC(C)(C)CNC(=O)[C@H](CCCN=C(N)N)CC(=O)CNC(C)=O)C(=O)OC4=CC[C@@]5(C)[C@H]6Cc7ccc(OC)c8c7[C@@]5(CCN6C)[C@H]4O8)CC(C)(C)CCC(=O)[C@H](CCCN=C(N)N)NC(=O)CCC(C)=O)=CC[C@@]4(C)[C@@H](C2)N(C)CC[C@]314. The van der Waals surface area contributed by atoms with Crippen molar-refractivity contribution in [3.8, 4) is 23.0 Å². The van der Waals surface area contributed by atoms with Crippen molar-refractivity contribution in [1.29, 1.82) is 0 Å². The molecule has 4 heterocycles. The van der Waals surface area contributed by atoms with Gasteiger partial charge in [0.2, 0.25) is 23.6 Å². The number of benzene rings is 2. The Morgan fingerprint density at radius 1 is 0.581 bits per heavy atom. The van der Waals surface area contributed by atoms with Gasteiger partial charge in [0, 0.05) is 151 Å². The van der Waals surface area contributed by atoms with Crippen molar-refractivity contribution in [1.82, 2.24) is 40.9 Å². The number of unbranched alkanes of at least 4 members (excludes halogenated alkanes) is 4. The number of methoxy groups -OCH3 is 2. The van der Waals surface area contributed by atoms with Crippen LogP contribution >= 0.6 is 0 Å². The number of nitrogens with one attached hydrogen (secondary N) is 4. The van der Waals surface area contributed by atoms with Crippen LogP contribution in [0.3, 0.4) is 0 Å². The number of guanidine groups is 2. The first kappa shape index (κ1) is 96.8. The summed E-state index contributed by atoms with van der Waals surface area (Å²) in [5.74, 6) is 1.01. The average molecular weight is 1730 g/mol. The molecule has 2 fully saturated rings. The summed E-state index contributed by atoms with van der Waals surface area (Å²) in [7, 11) is 7.66. The summed E-state index contributed by atoms with van der Waals surface area (Å²) in [5, 5.41) is 11.4. The van der Waals surface area contributed by atoms with Gasteiger partial charge in [-0.05, 0) is 183 Å². The van der Waals surface area contributed by atoms with Crippen LogP contribution in [0.4, 0.5) is 9.59 Å². The van der Waals surface area contributed by atoms with Crippen molar-refractivity contribution >= 4 is 70.9 Å². The van der Waals surface area contributed by atoms with Gasteiger partial charge >= 0.3 is 12.2 Å². The number of likely N-dealkylation sites (tertiary alicyclic amines) is 2. The van der Waals surface area contributed by atoms with Gasteiger partial charge in [0.25, 0.3) is 0 Å². The number of likely N-dealkylation sites (N-methyl/N-ethyl adjacent to an activating group) is 2. The summed E-state index contributed by atoms with van der Waals surface area (Å²) in [5.41, 5.74) is 24.3. The number of ketones is 4. The molecular formula is C92H140N14O18. The minimum Gasteiger partial charge on any atom is -0.493 e. The summed E-state index contributed by atoms with van der Waals surface area (Å²) in [6.07, 6.45) is 13.4. The molecule has 6 amide bonds. The Bertz CT molecular complexity index is 4020. The predicted octanol–water partition coefficient (Wildman–Crippen LogP) is 8.20. The van der Waals surface area contributed by atoms with E-state index in [2.05, 4.69) is 81.1 Å². The van der Waals surface area contributed by atoms with Crippen LogP contribution in [0.15, 0.2) is 57.9 Å². The molecule has 12 N–H and O–H groups in total. The number of carbonyl (C=O) groups excluding carboxylic acids is 10. The smallest absolute Gasteiger partial charge is 0.415 e. The van der Waals surface area contributed by atoms with Crippen LogP contribution in [0.5, 0.6) is 23.0 Å². The molecule has 32 nitrogen and oxygen atoms in total. The molecule has 2 spiro atoms. The van der Waals surface area contributed by atoms with Crippen molar-refractivity contribution in [2.24, 2.45) is 60.5 Å². The van der Waals surface area contributed by atoms with E-state index in [9.17, 15) is 47.9 Å². The molecule has 2 aromatic rings. The number of Topliss-reactive ketones (excluding diaryl/α,β-unsaturated/α-hetero) is 4. The van der Waals surface area contributed by atoms with Gasteiger partial charge in [-0.25, -0.2) is 9.59 Å². The third-order valence-corrected chi connectivity index (χ3v) is 27.3. The fourth-order valence-corrected chi connectivity index (χ4v) is 20.7. The first-order valence-electron chi connectivity index (χ1n) is 44.9. The van der Waals surface area contributed by atoms with Gasteiger partial charge in [-0.15, -0.1) is 0 Å². The Morgan fingerprint density at radius 3 is 1.62 bits per heavy atom. The van der Waals surface area contributed by atoms with Crippen LogP contribution in [0.25, 0.3) is 0 Å². The molecule has 10 atom stereocenters. The molecule has 686 valence electrons. The number of hydrogen-bond acceptors (Lipinski definition) is 22. The number of nitrogens with two attached hydrogens (primary N) is 4. The van der Waals surface area contributed by atoms with Crippen LogP contribution in [0, 0.1) is 27.6 Å². The lowest BCUT2D eigenvalue weighted by Gasteiger charge is -2.63. The largest absolute Gasteiger partial charge is 0.493 e. The highest BCUT2D eigenvalue weighted by Crippen LogP contribution is 2.71. The summed E-state index contributed by atoms with van der Waals surface area (Å²) in [4.78, 5) is 150. The van der Waals surface area contributed by atoms with E-state index in [1.54, 1.807) is 24.0 Å². The molecule has 4 aliphatic carbocycles. The highest BCUT2D eigenvalue weighted by molar-refractivity contribution is 5.91. The minimum absolute atomic E-state index is 0.0412. The summed E-state index contributed by atoms with van der Waals surface area (Å²) in [6, 6.07) is 7.87. The maximum absolute atomic E-state index is 14.9. The molecule has 2 saturated heterocycles. The third-order valence-electron chi connectivity index (χ3n) is 27.3. The van der Waals surface area contributed by atoms with E-state index in [-0.39, 0.29) is 154 Å². The number of nitrogens with zero attached hydrogens (tertiary/aromatic N) is 6. The second-order valence-corrected chi connectivity index (χ2v) is 37.6. The summed E-state index contributed by atoms with van der Waals surface area (Å²) >= 11 is 0. The van der Waals surface area contributed by atoms with Gasteiger partial charge in [0.1, 0.15) is 23.1 Å². The van der Waals surface area contributed by atoms with Crippen molar-refractivity contribution in [2.75, 3.05) is 127 Å².